The van der Waals surface area contributed by atoms with Gasteiger partial charge in [-0.05, 0) is 32.9 Å². The molecule has 1 saturated heterocycles. The molecular weight excluding hydrogens is 206 g/mol. The van der Waals surface area contributed by atoms with E-state index in [1.54, 1.807) is 7.05 Å². The van der Waals surface area contributed by atoms with Crippen molar-refractivity contribution in [2.24, 2.45) is 0 Å². The highest BCUT2D eigenvalue weighted by molar-refractivity contribution is 5.81. The summed E-state index contributed by atoms with van der Waals surface area (Å²) >= 11 is 0. The van der Waals surface area contributed by atoms with Crippen molar-refractivity contribution in [3.8, 4) is 0 Å². The zero-order chi connectivity index (χ0) is 12.0. The maximum atomic E-state index is 11.4. The van der Waals surface area contributed by atoms with Gasteiger partial charge in [-0.3, -0.25) is 4.79 Å². The van der Waals surface area contributed by atoms with Crippen molar-refractivity contribution < 1.29 is 9.90 Å². The fourth-order valence-corrected chi connectivity index (χ4v) is 2.09. The topological polar surface area (TPSA) is 64.6 Å². The van der Waals surface area contributed by atoms with Crippen LogP contribution in [0.5, 0.6) is 0 Å². The Bertz CT molecular complexity index is 223. The lowest BCUT2D eigenvalue weighted by molar-refractivity contribution is -0.122. The molecule has 5 heteroatoms. The molecule has 0 aromatic heterocycles. The molecule has 2 atom stereocenters. The number of nitrogens with zero attached hydrogens (tertiary/aromatic N) is 1. The van der Waals surface area contributed by atoms with Crippen LogP contribution in [0.25, 0.3) is 0 Å². The Balaban J connectivity index is 2.19. The highest BCUT2D eigenvalue weighted by atomic mass is 16.3. The summed E-state index contributed by atoms with van der Waals surface area (Å²) < 4.78 is 0. The standard InChI is InChI=1S/C11H23N3O2/c1-12-11(16)10-4-3-9(13-10)5-6-14(2)7-8-15/h9-10,13,15H,3-8H2,1-2H3,(H,12,16). The van der Waals surface area contributed by atoms with Gasteiger partial charge in [0.25, 0.3) is 0 Å². The Kier molecular flexibility index (Phi) is 5.73. The van der Waals surface area contributed by atoms with E-state index in [4.69, 9.17) is 5.11 Å². The number of hydrogen-bond acceptors (Lipinski definition) is 4. The largest absolute Gasteiger partial charge is 0.395 e. The molecule has 0 radical (unpaired) electrons. The van der Waals surface area contributed by atoms with Crippen molar-refractivity contribution in [3.05, 3.63) is 0 Å². The minimum absolute atomic E-state index is 0.0156. The first-order valence-corrected chi connectivity index (χ1v) is 5.94. The van der Waals surface area contributed by atoms with Crippen LogP contribution in [0.2, 0.25) is 0 Å². The fourth-order valence-electron chi connectivity index (χ4n) is 2.09. The van der Waals surface area contributed by atoms with Crippen LogP contribution in [0.4, 0.5) is 0 Å². The smallest absolute Gasteiger partial charge is 0.236 e. The third-order valence-electron chi connectivity index (χ3n) is 3.14. The summed E-state index contributed by atoms with van der Waals surface area (Å²) in [6.07, 6.45) is 3.02. The molecule has 3 N–H and O–H groups in total. The summed E-state index contributed by atoms with van der Waals surface area (Å²) in [6.45, 7) is 1.87. The number of rotatable bonds is 6. The van der Waals surface area contributed by atoms with Crippen molar-refractivity contribution in [1.29, 1.82) is 0 Å². The molecule has 1 rings (SSSR count). The summed E-state index contributed by atoms with van der Waals surface area (Å²) in [7, 11) is 3.67. The first-order chi connectivity index (χ1) is 7.67. The van der Waals surface area contributed by atoms with Gasteiger partial charge in [-0.2, -0.15) is 0 Å². The molecule has 2 unspecified atom stereocenters. The minimum Gasteiger partial charge on any atom is -0.395 e. The van der Waals surface area contributed by atoms with E-state index in [1.165, 1.54) is 0 Å². The lowest BCUT2D eigenvalue weighted by atomic mass is 10.1. The van der Waals surface area contributed by atoms with E-state index < -0.39 is 0 Å². The monoisotopic (exact) mass is 229 g/mol. The quantitative estimate of drug-likeness (QED) is 0.556. The summed E-state index contributed by atoms with van der Waals surface area (Å²) in [6, 6.07) is 0.418. The average molecular weight is 229 g/mol. The number of carbonyl (C=O) groups is 1. The molecule has 94 valence electrons. The fraction of sp³-hybridized carbons (Fsp3) is 0.909. The van der Waals surface area contributed by atoms with Crippen molar-refractivity contribution in [2.45, 2.75) is 31.3 Å². The number of aliphatic hydroxyl groups is 1. The first-order valence-electron chi connectivity index (χ1n) is 5.94. The van der Waals surface area contributed by atoms with E-state index >= 15 is 0 Å². The second kappa shape index (κ2) is 6.83. The molecule has 5 nitrogen and oxygen atoms in total. The third-order valence-corrected chi connectivity index (χ3v) is 3.14. The zero-order valence-electron chi connectivity index (χ0n) is 10.2. The first kappa shape index (κ1) is 13.4. The van der Waals surface area contributed by atoms with Gasteiger partial charge < -0.3 is 20.6 Å². The molecule has 1 aliphatic rings. The predicted octanol–water partition coefficient (Wildman–Crippen LogP) is -0.833. The van der Waals surface area contributed by atoms with E-state index in [2.05, 4.69) is 15.5 Å². The molecule has 0 aromatic carbocycles. The molecular formula is C11H23N3O2. The van der Waals surface area contributed by atoms with Crippen LogP contribution in [-0.2, 0) is 4.79 Å². The second-order valence-corrected chi connectivity index (χ2v) is 4.42. The molecule has 1 amide bonds. The molecule has 0 bridgehead atoms. The van der Waals surface area contributed by atoms with Gasteiger partial charge in [-0.25, -0.2) is 0 Å². The Hall–Kier alpha value is -0.650. The number of carbonyl (C=O) groups excluding carboxylic acids is 1. The Morgan fingerprint density at radius 2 is 2.25 bits per heavy atom. The maximum Gasteiger partial charge on any atom is 0.236 e. The molecule has 1 heterocycles. The Labute approximate surface area is 97.2 Å². The van der Waals surface area contributed by atoms with Crippen LogP contribution in [0, 0.1) is 0 Å². The molecule has 1 fully saturated rings. The van der Waals surface area contributed by atoms with Crippen molar-refractivity contribution >= 4 is 5.91 Å². The third kappa shape index (κ3) is 4.08. The highest BCUT2D eigenvalue weighted by Gasteiger charge is 2.27. The number of aliphatic hydroxyl groups excluding tert-OH is 1. The van der Waals surface area contributed by atoms with Gasteiger partial charge in [0.2, 0.25) is 5.91 Å². The van der Waals surface area contributed by atoms with Gasteiger partial charge in [0.05, 0.1) is 12.6 Å². The van der Waals surface area contributed by atoms with Crippen LogP contribution in [0.15, 0.2) is 0 Å². The van der Waals surface area contributed by atoms with Crippen LogP contribution >= 0.6 is 0 Å². The minimum atomic E-state index is -0.0156. The SMILES string of the molecule is CNC(=O)C1CCC(CCN(C)CCO)N1. The van der Waals surface area contributed by atoms with Gasteiger partial charge in [-0.15, -0.1) is 0 Å². The number of likely N-dealkylation sites (N-methyl/N-ethyl adjacent to an activating group) is 2. The van der Waals surface area contributed by atoms with E-state index in [-0.39, 0.29) is 18.6 Å². The lowest BCUT2D eigenvalue weighted by Gasteiger charge is -2.18. The van der Waals surface area contributed by atoms with Gasteiger partial charge in [0.1, 0.15) is 0 Å². The molecule has 0 saturated carbocycles. The van der Waals surface area contributed by atoms with Gasteiger partial charge in [0.15, 0.2) is 0 Å². The van der Waals surface area contributed by atoms with Crippen LogP contribution in [0.1, 0.15) is 19.3 Å². The van der Waals surface area contributed by atoms with Crippen LogP contribution in [0.3, 0.4) is 0 Å². The molecule has 0 aliphatic carbocycles. The highest BCUT2D eigenvalue weighted by Crippen LogP contribution is 2.15. The average Bonchev–Trinajstić information content (AvgIpc) is 2.74. The summed E-state index contributed by atoms with van der Waals surface area (Å²) in [5.74, 6) is 0.0891. The number of amides is 1. The second-order valence-electron chi connectivity index (χ2n) is 4.42. The normalized spacial score (nSPS) is 25.0. The number of nitrogens with one attached hydrogen (secondary N) is 2. The molecule has 0 aromatic rings. The zero-order valence-corrected chi connectivity index (χ0v) is 10.2. The van der Waals surface area contributed by atoms with Crippen LogP contribution in [-0.4, -0.2) is 61.8 Å². The summed E-state index contributed by atoms with van der Waals surface area (Å²) in [5.41, 5.74) is 0. The van der Waals surface area contributed by atoms with Gasteiger partial charge >= 0.3 is 0 Å². The van der Waals surface area contributed by atoms with Gasteiger partial charge in [0, 0.05) is 19.6 Å². The van der Waals surface area contributed by atoms with Crippen molar-refractivity contribution in [1.82, 2.24) is 15.5 Å². The predicted molar refractivity (Wildman–Crippen MR) is 63.2 cm³/mol. The van der Waals surface area contributed by atoms with Crippen molar-refractivity contribution in [2.75, 3.05) is 33.8 Å². The lowest BCUT2D eigenvalue weighted by Crippen LogP contribution is -2.42. The maximum absolute atomic E-state index is 11.4. The van der Waals surface area contributed by atoms with E-state index in [0.717, 1.165) is 25.8 Å². The summed E-state index contributed by atoms with van der Waals surface area (Å²) in [4.78, 5) is 13.5. The molecule has 0 spiro atoms. The van der Waals surface area contributed by atoms with E-state index in [0.29, 0.717) is 12.6 Å². The van der Waals surface area contributed by atoms with Gasteiger partial charge in [-0.1, -0.05) is 0 Å². The molecule has 1 aliphatic heterocycles. The number of hydrogen-bond donors (Lipinski definition) is 3. The molecule has 16 heavy (non-hydrogen) atoms. The van der Waals surface area contributed by atoms with Crippen LogP contribution < -0.4 is 10.6 Å². The van der Waals surface area contributed by atoms with Crippen molar-refractivity contribution in [3.63, 3.8) is 0 Å². The summed E-state index contributed by atoms with van der Waals surface area (Å²) in [5, 5.41) is 14.8. The Morgan fingerprint density at radius 3 is 2.88 bits per heavy atom. The Morgan fingerprint density at radius 1 is 1.50 bits per heavy atom. The van der Waals surface area contributed by atoms with E-state index in [9.17, 15) is 4.79 Å². The van der Waals surface area contributed by atoms with E-state index in [1.807, 2.05) is 7.05 Å².